The third kappa shape index (κ3) is 14.0. The number of carbonyl (C=O) groups is 6. The Morgan fingerprint density at radius 2 is 1.44 bits per heavy atom. The van der Waals surface area contributed by atoms with Crippen LogP contribution in [0.5, 0.6) is 0 Å². The summed E-state index contributed by atoms with van der Waals surface area (Å²) in [7, 11) is 0. The number of hydrogen-bond acceptors (Lipinski definition) is 13. The zero-order valence-corrected chi connectivity index (χ0v) is 28.5. The molecule has 2 fully saturated rings. The number of aliphatic hydroxyl groups excluding tert-OH is 2. The molecule has 0 spiro atoms. The lowest BCUT2D eigenvalue weighted by Crippen LogP contribution is -2.66. The second-order valence-electron chi connectivity index (χ2n) is 12.4. The minimum Gasteiger partial charge on any atom is -0.463 e. The van der Waals surface area contributed by atoms with Crippen LogP contribution in [-0.2, 0) is 52.5 Å². The number of unbranched alkanes of at least 4 members (excludes halogenated alkanes) is 3. The van der Waals surface area contributed by atoms with Gasteiger partial charge in [0.05, 0.1) is 13.2 Å². The van der Waals surface area contributed by atoms with Gasteiger partial charge < -0.3 is 49.4 Å². The van der Waals surface area contributed by atoms with Gasteiger partial charge in [0, 0.05) is 72.2 Å². The molecule has 2 saturated heterocycles. The maximum Gasteiger partial charge on any atom is 0.303 e. The van der Waals surface area contributed by atoms with Crippen molar-refractivity contribution in [3.8, 4) is 0 Å². The van der Waals surface area contributed by atoms with Gasteiger partial charge in [-0.25, -0.2) is 0 Å². The monoisotopic (exact) mass is 687 g/mol. The molecule has 5 atom stereocenters. The number of nitrogens with zero attached hydrogens (tertiary/aromatic N) is 1. The van der Waals surface area contributed by atoms with E-state index in [1.807, 2.05) is 0 Å². The molecule has 2 heterocycles. The molecule has 0 bridgehead atoms. The predicted molar refractivity (Wildman–Crippen MR) is 168 cm³/mol. The van der Waals surface area contributed by atoms with Gasteiger partial charge in [-0.15, -0.1) is 0 Å². The molecule has 5 unspecified atom stereocenters. The highest BCUT2D eigenvalue weighted by Gasteiger charge is 2.51. The fourth-order valence-corrected chi connectivity index (χ4v) is 5.67. The Bertz CT molecular complexity index is 1070. The number of ether oxygens (including phenoxy) is 5. The highest BCUT2D eigenvalue weighted by molar-refractivity contribution is 5.76. The standard InChI is InChI=1S/C32H53N3O13/c1-21(38)34-28-30(47-24(4)41)29(46-23(3)40)25(18-45-22(2)39)48-31(28)44-17-9-7-10-26(42)33-14-8-5-6-11-27(43)35-15-12-32(19-36,20-37)13-16-35/h25,28-31,36-37H,5-20H2,1-4H3,(H,33,42)(H,34,38). The van der Waals surface area contributed by atoms with Crippen molar-refractivity contribution in [2.24, 2.45) is 5.41 Å². The van der Waals surface area contributed by atoms with Crippen LogP contribution in [0.4, 0.5) is 0 Å². The van der Waals surface area contributed by atoms with Crippen molar-refractivity contribution in [1.82, 2.24) is 15.5 Å². The van der Waals surface area contributed by atoms with Crippen molar-refractivity contribution < 1.29 is 62.7 Å². The van der Waals surface area contributed by atoms with Gasteiger partial charge in [0.15, 0.2) is 18.5 Å². The maximum atomic E-state index is 12.5. The molecule has 0 radical (unpaired) electrons. The molecule has 0 aromatic carbocycles. The first kappa shape index (κ1) is 40.8. The summed E-state index contributed by atoms with van der Waals surface area (Å²) in [6.07, 6.45) is 0.374. The van der Waals surface area contributed by atoms with Gasteiger partial charge in [-0.05, 0) is 38.5 Å². The maximum absolute atomic E-state index is 12.5. The average Bonchev–Trinajstić information content (AvgIpc) is 3.03. The van der Waals surface area contributed by atoms with E-state index < -0.39 is 59.9 Å². The van der Waals surface area contributed by atoms with Gasteiger partial charge in [-0.1, -0.05) is 6.42 Å². The highest BCUT2D eigenvalue weighted by atomic mass is 16.7. The van der Waals surface area contributed by atoms with E-state index in [0.717, 1.165) is 26.7 Å². The Kier molecular flexibility index (Phi) is 17.8. The smallest absolute Gasteiger partial charge is 0.303 e. The summed E-state index contributed by atoms with van der Waals surface area (Å²) in [6, 6.07) is -1.06. The first-order valence-electron chi connectivity index (χ1n) is 16.6. The van der Waals surface area contributed by atoms with Gasteiger partial charge in [0.1, 0.15) is 18.8 Å². The molecule has 0 aromatic heterocycles. The third-order valence-corrected chi connectivity index (χ3v) is 8.39. The molecule has 4 N–H and O–H groups in total. The number of rotatable bonds is 19. The number of esters is 3. The summed E-state index contributed by atoms with van der Waals surface area (Å²) in [4.78, 5) is 73.9. The fourth-order valence-electron chi connectivity index (χ4n) is 5.67. The van der Waals surface area contributed by atoms with Crippen LogP contribution >= 0.6 is 0 Å². The van der Waals surface area contributed by atoms with E-state index in [1.54, 1.807) is 4.90 Å². The van der Waals surface area contributed by atoms with Crippen LogP contribution in [0.15, 0.2) is 0 Å². The molecule has 2 aliphatic rings. The predicted octanol–water partition coefficient (Wildman–Crippen LogP) is 0.0994. The van der Waals surface area contributed by atoms with Gasteiger partial charge in [-0.3, -0.25) is 28.8 Å². The van der Waals surface area contributed by atoms with Crippen molar-refractivity contribution >= 4 is 35.6 Å². The quantitative estimate of drug-likeness (QED) is 0.0806. The van der Waals surface area contributed by atoms with Crippen LogP contribution in [0.2, 0.25) is 0 Å². The highest BCUT2D eigenvalue weighted by Crippen LogP contribution is 2.31. The average molecular weight is 688 g/mol. The van der Waals surface area contributed by atoms with Gasteiger partial charge in [0.2, 0.25) is 17.7 Å². The molecule has 48 heavy (non-hydrogen) atoms. The fraction of sp³-hybridized carbons (Fsp3) is 0.812. The van der Waals surface area contributed by atoms with E-state index in [2.05, 4.69) is 10.6 Å². The van der Waals surface area contributed by atoms with Crippen LogP contribution in [0.3, 0.4) is 0 Å². The van der Waals surface area contributed by atoms with E-state index in [9.17, 15) is 39.0 Å². The van der Waals surface area contributed by atoms with E-state index in [-0.39, 0.29) is 44.7 Å². The lowest BCUT2D eigenvalue weighted by atomic mass is 9.80. The van der Waals surface area contributed by atoms with Crippen molar-refractivity contribution in [3.63, 3.8) is 0 Å². The molecule has 16 heteroatoms. The van der Waals surface area contributed by atoms with Crippen molar-refractivity contribution in [3.05, 3.63) is 0 Å². The summed E-state index contributed by atoms with van der Waals surface area (Å²) < 4.78 is 27.7. The summed E-state index contributed by atoms with van der Waals surface area (Å²) >= 11 is 0. The van der Waals surface area contributed by atoms with Crippen LogP contribution in [0.25, 0.3) is 0 Å². The van der Waals surface area contributed by atoms with Crippen molar-refractivity contribution in [2.75, 3.05) is 46.1 Å². The molecule has 0 saturated carbocycles. The Labute approximate surface area is 281 Å². The number of nitrogens with one attached hydrogen (secondary N) is 2. The Morgan fingerprint density at radius 3 is 2.02 bits per heavy atom. The normalized spacial score (nSPS) is 23.5. The van der Waals surface area contributed by atoms with Gasteiger partial charge in [0.25, 0.3) is 0 Å². The van der Waals surface area contributed by atoms with Gasteiger partial charge in [-0.2, -0.15) is 0 Å². The first-order chi connectivity index (χ1) is 22.8. The van der Waals surface area contributed by atoms with Crippen LogP contribution in [-0.4, -0.2) is 127 Å². The Hall–Kier alpha value is -3.34. The van der Waals surface area contributed by atoms with Gasteiger partial charge >= 0.3 is 17.9 Å². The van der Waals surface area contributed by atoms with Crippen molar-refractivity contribution in [1.29, 1.82) is 0 Å². The number of carbonyl (C=O) groups excluding carboxylic acids is 6. The molecular formula is C32H53N3O13. The summed E-state index contributed by atoms with van der Waals surface area (Å²) in [6.45, 7) is 5.95. The molecule has 2 rings (SSSR count). The molecule has 0 aromatic rings. The molecule has 2 aliphatic heterocycles. The van der Waals surface area contributed by atoms with Crippen LogP contribution < -0.4 is 10.6 Å². The first-order valence-corrected chi connectivity index (χ1v) is 16.6. The second-order valence-corrected chi connectivity index (χ2v) is 12.4. The Balaban J connectivity index is 1.75. The summed E-state index contributed by atoms with van der Waals surface area (Å²) in [5.41, 5.74) is -0.493. The molecular weight excluding hydrogens is 634 g/mol. The number of amides is 3. The Morgan fingerprint density at radius 1 is 0.812 bits per heavy atom. The minimum absolute atomic E-state index is 0.0683. The molecule has 16 nitrogen and oxygen atoms in total. The number of likely N-dealkylation sites (tertiary alicyclic amines) is 1. The SMILES string of the molecule is CC(=O)NC1C(OCCCCC(=O)NCCCCCC(=O)N2CCC(CO)(CO)CC2)OC(COC(C)=O)C(OC(C)=O)C1OC(C)=O. The molecule has 3 amide bonds. The number of aliphatic hydroxyl groups is 2. The van der Waals surface area contributed by atoms with Crippen LogP contribution in [0.1, 0.15) is 85.5 Å². The summed E-state index contributed by atoms with van der Waals surface area (Å²) in [5.74, 6) is -2.55. The second kappa shape index (κ2) is 20.9. The molecule has 0 aliphatic carbocycles. The molecule has 274 valence electrons. The van der Waals surface area contributed by atoms with E-state index in [1.165, 1.54) is 13.8 Å². The zero-order chi connectivity index (χ0) is 35.7. The largest absolute Gasteiger partial charge is 0.463 e. The zero-order valence-electron chi connectivity index (χ0n) is 28.5. The lowest BCUT2D eigenvalue weighted by Gasteiger charge is -2.44. The van der Waals surface area contributed by atoms with E-state index >= 15 is 0 Å². The summed E-state index contributed by atoms with van der Waals surface area (Å²) in [5, 5.41) is 24.6. The number of hydrogen-bond donors (Lipinski definition) is 4. The van der Waals surface area contributed by atoms with E-state index in [4.69, 9.17) is 23.7 Å². The van der Waals surface area contributed by atoms with Crippen LogP contribution in [0, 0.1) is 5.41 Å². The van der Waals surface area contributed by atoms with Crippen molar-refractivity contribution in [2.45, 2.75) is 116 Å². The van der Waals surface area contributed by atoms with E-state index in [0.29, 0.717) is 58.2 Å². The third-order valence-electron chi connectivity index (χ3n) is 8.39. The number of piperidine rings is 1. The minimum atomic E-state index is -1.21. The topological polar surface area (TPSA) is 216 Å². The lowest BCUT2D eigenvalue weighted by molar-refractivity contribution is -0.277.